The van der Waals surface area contributed by atoms with Gasteiger partial charge < -0.3 is 30.0 Å². The number of nitrogens with two attached hydrogens (primary N) is 1. The average Bonchev–Trinajstić information content (AvgIpc) is 3.06. The molecule has 0 radical (unpaired) electrons. The normalized spacial score (nSPS) is 11.8. The fourth-order valence-corrected chi connectivity index (χ4v) is 5.49. The minimum atomic E-state index is -1.18. The second kappa shape index (κ2) is 15.3. The lowest BCUT2D eigenvalue weighted by atomic mass is 9.89. The van der Waals surface area contributed by atoms with Crippen LogP contribution < -0.4 is 19.9 Å². The molecule has 47 heavy (non-hydrogen) atoms. The smallest absolute Gasteiger partial charge is 0.303 e. The minimum absolute atomic E-state index is 0.152. The van der Waals surface area contributed by atoms with Gasteiger partial charge in [-0.2, -0.15) is 0 Å². The largest absolute Gasteiger partial charge is 0.497 e. The van der Waals surface area contributed by atoms with E-state index < -0.39 is 35.2 Å². The van der Waals surface area contributed by atoms with Crippen LogP contribution in [0.2, 0.25) is 0 Å². The molecule has 0 saturated carbocycles. The zero-order valence-electron chi connectivity index (χ0n) is 26.9. The standard InChI is InChI=1S/C37H39FN2O7/c1-37(2,22-24-5-13-29(38)14-6-24)40(33(35(39)43)17-18-34(41)42)36(44)28-9-7-26(8-10-28)27-11-15-30(16-12-27)47-23-25-19-31(45-3)21-32(20-25)46-4/h5-16,19-21,33H,17-18,22-23H2,1-4H3,(H2,39,43)(H,41,42)/t33-/m0/s1. The average molecular weight is 643 g/mol. The summed E-state index contributed by atoms with van der Waals surface area (Å²) in [5.41, 5.74) is 8.43. The summed E-state index contributed by atoms with van der Waals surface area (Å²) in [5, 5.41) is 9.31. The summed E-state index contributed by atoms with van der Waals surface area (Å²) in [6.45, 7) is 3.86. The van der Waals surface area contributed by atoms with Gasteiger partial charge in [0.2, 0.25) is 5.91 Å². The number of aliphatic carboxylic acids is 1. The molecule has 9 nitrogen and oxygen atoms in total. The zero-order chi connectivity index (χ0) is 34.1. The van der Waals surface area contributed by atoms with Gasteiger partial charge in [-0.15, -0.1) is 0 Å². The van der Waals surface area contributed by atoms with Crippen molar-refractivity contribution < 1.29 is 38.1 Å². The Kier molecular flexibility index (Phi) is 11.2. The van der Waals surface area contributed by atoms with Crippen molar-refractivity contribution in [2.45, 2.75) is 51.3 Å². The Morgan fingerprint density at radius 1 is 0.809 bits per heavy atom. The Morgan fingerprint density at radius 2 is 1.36 bits per heavy atom. The molecule has 10 heteroatoms. The molecule has 4 aromatic carbocycles. The van der Waals surface area contributed by atoms with E-state index in [1.807, 2.05) is 36.4 Å². The van der Waals surface area contributed by atoms with Gasteiger partial charge in [0.05, 0.1) is 14.2 Å². The van der Waals surface area contributed by atoms with E-state index in [1.165, 1.54) is 17.0 Å². The summed E-state index contributed by atoms with van der Waals surface area (Å²) in [6, 6.07) is 24.7. The van der Waals surface area contributed by atoms with E-state index >= 15 is 0 Å². The third-order valence-electron chi connectivity index (χ3n) is 7.83. The lowest BCUT2D eigenvalue weighted by Gasteiger charge is -2.43. The Hall–Kier alpha value is -5.38. The van der Waals surface area contributed by atoms with Crippen LogP contribution in [0, 0.1) is 5.82 Å². The fourth-order valence-electron chi connectivity index (χ4n) is 5.49. The molecule has 4 rings (SSSR count). The van der Waals surface area contributed by atoms with Gasteiger partial charge in [-0.3, -0.25) is 14.4 Å². The molecule has 2 amide bonds. The Bertz CT molecular complexity index is 1670. The van der Waals surface area contributed by atoms with Gasteiger partial charge in [0.25, 0.3) is 5.91 Å². The predicted octanol–water partition coefficient (Wildman–Crippen LogP) is 6.27. The van der Waals surface area contributed by atoms with Crippen molar-refractivity contribution in [1.82, 2.24) is 4.90 Å². The molecule has 0 aromatic heterocycles. The van der Waals surface area contributed by atoms with E-state index in [1.54, 1.807) is 70.5 Å². The molecule has 0 fully saturated rings. The number of carbonyl (C=O) groups excluding carboxylic acids is 2. The summed E-state index contributed by atoms with van der Waals surface area (Å²) in [4.78, 5) is 39.5. The number of primary amides is 1. The van der Waals surface area contributed by atoms with E-state index in [2.05, 4.69) is 0 Å². The van der Waals surface area contributed by atoms with Crippen molar-refractivity contribution in [1.29, 1.82) is 0 Å². The molecule has 0 bridgehead atoms. The first kappa shape index (κ1) is 34.5. The number of benzene rings is 4. The lowest BCUT2D eigenvalue weighted by Crippen LogP contribution is -2.58. The maximum atomic E-state index is 14.1. The van der Waals surface area contributed by atoms with E-state index in [4.69, 9.17) is 19.9 Å². The lowest BCUT2D eigenvalue weighted by molar-refractivity contribution is -0.137. The summed E-state index contributed by atoms with van der Waals surface area (Å²) in [7, 11) is 3.18. The highest BCUT2D eigenvalue weighted by atomic mass is 19.1. The van der Waals surface area contributed by atoms with Crippen molar-refractivity contribution in [3.63, 3.8) is 0 Å². The molecule has 4 aromatic rings. The number of nitrogens with zero attached hydrogens (tertiary/aromatic N) is 1. The highest BCUT2D eigenvalue weighted by Gasteiger charge is 2.39. The number of hydrogen-bond donors (Lipinski definition) is 2. The Morgan fingerprint density at radius 3 is 1.87 bits per heavy atom. The van der Waals surface area contributed by atoms with E-state index in [-0.39, 0.29) is 19.3 Å². The number of ether oxygens (including phenoxy) is 3. The second-order valence-corrected chi connectivity index (χ2v) is 11.8. The van der Waals surface area contributed by atoms with Crippen LogP contribution in [-0.2, 0) is 22.6 Å². The number of rotatable bonds is 15. The SMILES string of the molecule is COc1cc(COc2ccc(-c3ccc(C(=O)N([C@@H](CCC(=O)O)C(N)=O)C(C)(C)Cc4ccc(F)cc4)cc3)cc2)cc(OC)c1. The summed E-state index contributed by atoms with van der Waals surface area (Å²) < 4.78 is 30.2. The maximum absolute atomic E-state index is 14.1. The molecule has 1 atom stereocenters. The topological polar surface area (TPSA) is 128 Å². The minimum Gasteiger partial charge on any atom is -0.497 e. The third kappa shape index (κ3) is 9.09. The highest BCUT2D eigenvalue weighted by molar-refractivity contribution is 5.98. The molecule has 0 unspecified atom stereocenters. The molecule has 0 saturated heterocycles. The molecule has 3 N–H and O–H groups in total. The van der Waals surface area contributed by atoms with Gasteiger partial charge in [-0.25, -0.2) is 4.39 Å². The van der Waals surface area contributed by atoms with Crippen LogP contribution in [-0.4, -0.2) is 53.6 Å². The fraction of sp³-hybridized carbons (Fsp3) is 0.270. The van der Waals surface area contributed by atoms with Gasteiger partial charge in [-0.05, 0) is 97.5 Å². The molecule has 0 heterocycles. The number of carboxylic acids is 1. The first-order chi connectivity index (χ1) is 22.4. The predicted molar refractivity (Wildman–Crippen MR) is 176 cm³/mol. The zero-order valence-corrected chi connectivity index (χ0v) is 26.9. The van der Waals surface area contributed by atoms with E-state index in [9.17, 15) is 23.9 Å². The van der Waals surface area contributed by atoms with Crippen LogP contribution in [0.15, 0.2) is 91.0 Å². The summed E-state index contributed by atoms with van der Waals surface area (Å²) in [6.07, 6.45) is -0.231. The number of carbonyl (C=O) groups is 3. The highest BCUT2D eigenvalue weighted by Crippen LogP contribution is 2.30. The van der Waals surface area contributed by atoms with E-state index in [0.717, 1.165) is 22.3 Å². The summed E-state index contributed by atoms with van der Waals surface area (Å²) in [5.74, 6) is -0.781. The molecule has 0 aliphatic carbocycles. The van der Waals surface area contributed by atoms with Crippen LogP contribution in [0.3, 0.4) is 0 Å². The van der Waals surface area contributed by atoms with Gasteiger partial charge in [0.1, 0.15) is 35.7 Å². The molecule has 0 aliphatic rings. The number of halogens is 1. The molecule has 0 spiro atoms. The Balaban J connectivity index is 1.53. The quantitative estimate of drug-likeness (QED) is 0.156. The van der Waals surface area contributed by atoms with Crippen molar-refractivity contribution in [2.24, 2.45) is 5.73 Å². The van der Waals surface area contributed by atoms with Crippen LogP contribution in [0.4, 0.5) is 4.39 Å². The van der Waals surface area contributed by atoms with Crippen LogP contribution in [0.25, 0.3) is 11.1 Å². The van der Waals surface area contributed by atoms with E-state index in [0.29, 0.717) is 29.4 Å². The first-order valence-corrected chi connectivity index (χ1v) is 15.0. The second-order valence-electron chi connectivity index (χ2n) is 11.8. The number of methoxy groups -OCH3 is 2. The van der Waals surface area contributed by atoms with Crippen molar-refractivity contribution >= 4 is 17.8 Å². The van der Waals surface area contributed by atoms with Gasteiger partial charge in [-0.1, -0.05) is 36.4 Å². The first-order valence-electron chi connectivity index (χ1n) is 15.0. The van der Waals surface area contributed by atoms with Crippen molar-refractivity contribution in [3.05, 3.63) is 114 Å². The maximum Gasteiger partial charge on any atom is 0.303 e. The van der Waals surface area contributed by atoms with Gasteiger partial charge in [0, 0.05) is 23.6 Å². The monoisotopic (exact) mass is 642 g/mol. The molecule has 246 valence electrons. The summed E-state index contributed by atoms with van der Waals surface area (Å²) >= 11 is 0. The van der Waals surface area contributed by atoms with Crippen LogP contribution in [0.1, 0.15) is 48.2 Å². The number of hydrogen-bond acceptors (Lipinski definition) is 6. The molecule has 0 aliphatic heterocycles. The number of carboxylic acid groups (broad SMARTS) is 1. The number of amides is 2. The van der Waals surface area contributed by atoms with Crippen LogP contribution in [0.5, 0.6) is 17.2 Å². The van der Waals surface area contributed by atoms with Crippen molar-refractivity contribution in [2.75, 3.05) is 14.2 Å². The van der Waals surface area contributed by atoms with Gasteiger partial charge in [0.15, 0.2) is 0 Å². The third-order valence-corrected chi connectivity index (χ3v) is 7.83. The molecular formula is C37H39FN2O7. The Labute approximate surface area is 273 Å². The van der Waals surface area contributed by atoms with Gasteiger partial charge >= 0.3 is 5.97 Å². The van der Waals surface area contributed by atoms with Crippen molar-refractivity contribution in [3.8, 4) is 28.4 Å². The molecular weight excluding hydrogens is 603 g/mol. The van der Waals surface area contributed by atoms with Crippen LogP contribution >= 0.6 is 0 Å².